The highest BCUT2D eigenvalue weighted by Crippen LogP contribution is 2.11. The normalized spacial score (nSPS) is 12.6. The van der Waals surface area contributed by atoms with Crippen molar-refractivity contribution in [1.82, 2.24) is 20.3 Å². The van der Waals surface area contributed by atoms with E-state index in [0.717, 1.165) is 12.2 Å². The van der Waals surface area contributed by atoms with Crippen LogP contribution >= 0.6 is 0 Å². The fourth-order valence-corrected chi connectivity index (χ4v) is 1.59. The highest BCUT2D eigenvalue weighted by Gasteiger charge is 2.05. The van der Waals surface area contributed by atoms with Gasteiger partial charge in [-0.1, -0.05) is 35.5 Å². The zero-order valence-electron chi connectivity index (χ0n) is 9.59. The zero-order chi connectivity index (χ0) is 11.4. The van der Waals surface area contributed by atoms with Crippen molar-refractivity contribution in [2.75, 3.05) is 0 Å². The highest BCUT2D eigenvalue weighted by molar-refractivity contribution is 5.18. The molecule has 2 aromatic rings. The van der Waals surface area contributed by atoms with Crippen LogP contribution in [-0.2, 0) is 13.6 Å². The molecular weight excluding hydrogens is 200 g/mol. The van der Waals surface area contributed by atoms with Crippen molar-refractivity contribution in [3.05, 3.63) is 47.8 Å². The molecule has 1 aromatic carbocycles. The summed E-state index contributed by atoms with van der Waals surface area (Å²) in [7, 11) is 1.90. The smallest absolute Gasteiger partial charge is 0.0738 e. The summed E-state index contributed by atoms with van der Waals surface area (Å²) in [5.41, 5.74) is 2.38. The molecule has 1 unspecified atom stereocenters. The summed E-state index contributed by atoms with van der Waals surface area (Å²) in [6, 6.07) is 10.7. The third-order valence-electron chi connectivity index (χ3n) is 2.70. The zero-order valence-corrected chi connectivity index (χ0v) is 9.59. The van der Waals surface area contributed by atoms with Gasteiger partial charge in [0.15, 0.2) is 0 Å². The molecule has 0 fully saturated rings. The van der Waals surface area contributed by atoms with Gasteiger partial charge < -0.3 is 5.32 Å². The van der Waals surface area contributed by atoms with Crippen molar-refractivity contribution in [1.29, 1.82) is 0 Å². The number of aromatic nitrogens is 3. The van der Waals surface area contributed by atoms with Gasteiger partial charge in [0.25, 0.3) is 0 Å². The van der Waals surface area contributed by atoms with Gasteiger partial charge in [0.2, 0.25) is 0 Å². The van der Waals surface area contributed by atoms with Gasteiger partial charge in [0.1, 0.15) is 0 Å². The first-order valence-electron chi connectivity index (χ1n) is 5.39. The van der Waals surface area contributed by atoms with Crippen LogP contribution in [0.3, 0.4) is 0 Å². The van der Waals surface area contributed by atoms with Crippen LogP contribution in [-0.4, -0.2) is 15.0 Å². The number of nitrogens with one attached hydrogen (secondary N) is 1. The molecule has 0 spiro atoms. The third-order valence-corrected chi connectivity index (χ3v) is 2.70. The lowest BCUT2D eigenvalue weighted by atomic mass is 10.1. The van der Waals surface area contributed by atoms with Gasteiger partial charge in [-0.3, -0.25) is 4.68 Å². The van der Waals surface area contributed by atoms with Crippen LogP contribution < -0.4 is 5.32 Å². The Morgan fingerprint density at radius 1 is 1.31 bits per heavy atom. The first-order valence-corrected chi connectivity index (χ1v) is 5.39. The van der Waals surface area contributed by atoms with Gasteiger partial charge in [-0.2, -0.15) is 0 Å². The molecule has 0 radical (unpaired) electrons. The second-order valence-electron chi connectivity index (χ2n) is 3.86. The molecule has 84 valence electrons. The number of hydrogen-bond acceptors (Lipinski definition) is 3. The quantitative estimate of drug-likeness (QED) is 0.845. The van der Waals surface area contributed by atoms with Crippen molar-refractivity contribution >= 4 is 0 Å². The Balaban J connectivity index is 1.94. The van der Waals surface area contributed by atoms with Crippen LogP contribution in [0.5, 0.6) is 0 Å². The van der Waals surface area contributed by atoms with E-state index < -0.39 is 0 Å². The minimum Gasteiger partial charge on any atom is -0.305 e. The van der Waals surface area contributed by atoms with Gasteiger partial charge in [-0.05, 0) is 12.5 Å². The summed E-state index contributed by atoms with van der Waals surface area (Å²) in [6.07, 6.45) is 1.78. The molecule has 4 heteroatoms. The Hall–Kier alpha value is -1.68. The van der Waals surface area contributed by atoms with E-state index in [0.29, 0.717) is 6.04 Å². The fraction of sp³-hybridized carbons (Fsp3) is 0.333. The average molecular weight is 216 g/mol. The molecule has 1 atom stereocenters. The summed E-state index contributed by atoms with van der Waals surface area (Å²) in [5.74, 6) is 0. The molecule has 0 aliphatic carbocycles. The topological polar surface area (TPSA) is 42.7 Å². The van der Waals surface area contributed by atoms with Crippen molar-refractivity contribution in [2.45, 2.75) is 19.5 Å². The summed E-state index contributed by atoms with van der Waals surface area (Å²) in [6.45, 7) is 2.93. The largest absolute Gasteiger partial charge is 0.305 e. The molecule has 1 N–H and O–H groups in total. The Bertz CT molecular complexity index is 435. The number of nitrogens with zero attached hydrogens (tertiary/aromatic N) is 3. The highest BCUT2D eigenvalue weighted by atomic mass is 15.4. The maximum Gasteiger partial charge on any atom is 0.0738 e. The third kappa shape index (κ3) is 2.46. The second-order valence-corrected chi connectivity index (χ2v) is 3.86. The van der Waals surface area contributed by atoms with Crippen LogP contribution in [0.1, 0.15) is 24.2 Å². The molecule has 2 rings (SSSR count). The molecule has 0 aliphatic heterocycles. The van der Waals surface area contributed by atoms with Crippen LogP contribution in [0.4, 0.5) is 0 Å². The first-order chi connectivity index (χ1) is 7.77. The molecule has 0 bridgehead atoms. The monoisotopic (exact) mass is 216 g/mol. The average Bonchev–Trinajstić information content (AvgIpc) is 2.73. The molecule has 0 aliphatic rings. The van der Waals surface area contributed by atoms with E-state index in [2.05, 4.69) is 46.8 Å². The van der Waals surface area contributed by atoms with Gasteiger partial charge >= 0.3 is 0 Å². The summed E-state index contributed by atoms with van der Waals surface area (Å²) in [5, 5.41) is 11.2. The lowest BCUT2D eigenvalue weighted by Gasteiger charge is -2.13. The summed E-state index contributed by atoms with van der Waals surface area (Å²) < 4.78 is 1.78. The molecule has 0 amide bonds. The van der Waals surface area contributed by atoms with Gasteiger partial charge in [0.05, 0.1) is 11.9 Å². The predicted molar refractivity (Wildman–Crippen MR) is 62.7 cm³/mol. The molecule has 1 aromatic heterocycles. The number of aryl methyl sites for hydroxylation is 1. The Labute approximate surface area is 95.3 Å². The molecule has 1 heterocycles. The lowest BCUT2D eigenvalue weighted by molar-refractivity contribution is 0.546. The van der Waals surface area contributed by atoms with Crippen LogP contribution in [0.25, 0.3) is 0 Å². The van der Waals surface area contributed by atoms with Crippen LogP contribution in [0.15, 0.2) is 36.5 Å². The van der Waals surface area contributed by atoms with Crippen molar-refractivity contribution in [2.24, 2.45) is 7.05 Å². The second kappa shape index (κ2) is 4.90. The van der Waals surface area contributed by atoms with Gasteiger partial charge in [0, 0.05) is 19.6 Å². The maximum atomic E-state index is 3.89. The summed E-state index contributed by atoms with van der Waals surface area (Å²) >= 11 is 0. The van der Waals surface area contributed by atoms with E-state index in [-0.39, 0.29) is 0 Å². The van der Waals surface area contributed by atoms with E-state index in [1.54, 1.807) is 10.9 Å². The Kier molecular flexibility index (Phi) is 3.31. The standard InChI is InChI=1S/C12H16N4/c1-10(11-6-4-3-5-7-11)13-8-12-9-14-15-16(12)2/h3-7,9-10,13H,8H2,1-2H3. The number of rotatable bonds is 4. The minimum atomic E-state index is 0.330. The molecular formula is C12H16N4. The Morgan fingerprint density at radius 3 is 2.69 bits per heavy atom. The SMILES string of the molecule is CC(NCc1cnnn1C)c1ccccc1. The van der Waals surface area contributed by atoms with E-state index in [9.17, 15) is 0 Å². The van der Waals surface area contributed by atoms with Crippen molar-refractivity contribution in [3.63, 3.8) is 0 Å². The van der Waals surface area contributed by atoms with Crippen LogP contribution in [0.2, 0.25) is 0 Å². The maximum absolute atomic E-state index is 3.89. The molecule has 4 nitrogen and oxygen atoms in total. The van der Waals surface area contributed by atoms with Crippen molar-refractivity contribution < 1.29 is 0 Å². The Morgan fingerprint density at radius 2 is 2.06 bits per heavy atom. The van der Waals surface area contributed by atoms with E-state index >= 15 is 0 Å². The summed E-state index contributed by atoms with van der Waals surface area (Å²) in [4.78, 5) is 0. The number of benzene rings is 1. The van der Waals surface area contributed by atoms with E-state index in [1.807, 2.05) is 13.1 Å². The minimum absolute atomic E-state index is 0.330. The van der Waals surface area contributed by atoms with Gasteiger partial charge in [-0.15, -0.1) is 5.10 Å². The van der Waals surface area contributed by atoms with Crippen LogP contribution in [0, 0.1) is 0 Å². The molecule has 16 heavy (non-hydrogen) atoms. The molecule has 0 saturated carbocycles. The van der Waals surface area contributed by atoms with Gasteiger partial charge in [-0.25, -0.2) is 0 Å². The van der Waals surface area contributed by atoms with E-state index in [1.165, 1.54) is 5.56 Å². The molecule has 0 saturated heterocycles. The fourth-order valence-electron chi connectivity index (χ4n) is 1.59. The van der Waals surface area contributed by atoms with E-state index in [4.69, 9.17) is 0 Å². The first kappa shape index (κ1) is 10.8. The lowest BCUT2D eigenvalue weighted by Crippen LogP contribution is -2.19. The van der Waals surface area contributed by atoms with Crippen molar-refractivity contribution in [3.8, 4) is 0 Å². The predicted octanol–water partition coefficient (Wildman–Crippen LogP) is 1.67. The number of hydrogen-bond donors (Lipinski definition) is 1.